The number of piperidine rings is 1. The van der Waals surface area contributed by atoms with Gasteiger partial charge in [0.05, 0.1) is 0 Å². The minimum Gasteiger partial charge on any atom is -0.356 e. The van der Waals surface area contributed by atoms with Gasteiger partial charge in [-0.1, -0.05) is 6.92 Å². The van der Waals surface area contributed by atoms with E-state index in [0.717, 1.165) is 18.4 Å². The van der Waals surface area contributed by atoms with Crippen LogP contribution < -0.4 is 10.6 Å². The Bertz CT molecular complexity index is 347. The van der Waals surface area contributed by atoms with Crippen molar-refractivity contribution in [3.05, 3.63) is 0 Å². The highest BCUT2D eigenvalue weighted by Crippen LogP contribution is 2.15. The summed E-state index contributed by atoms with van der Waals surface area (Å²) in [5, 5.41) is 7.15. The first-order valence-electron chi connectivity index (χ1n) is 9.06. The highest BCUT2D eigenvalue weighted by molar-refractivity contribution is 5.79. The van der Waals surface area contributed by atoms with Crippen LogP contribution in [0.2, 0.25) is 0 Å². The number of likely N-dealkylation sites (tertiary alicyclic amines) is 2. The lowest BCUT2D eigenvalue weighted by atomic mass is 10.0. The SMILES string of the molecule is CCN1CCC(CNC(=NC)NC2CCN(C(C)C)CC2)C1. The van der Waals surface area contributed by atoms with Crippen LogP contribution in [0.4, 0.5) is 0 Å². The van der Waals surface area contributed by atoms with Crippen molar-refractivity contribution in [3.63, 3.8) is 0 Å². The molecule has 128 valence electrons. The summed E-state index contributed by atoms with van der Waals surface area (Å²) in [4.78, 5) is 9.50. The summed E-state index contributed by atoms with van der Waals surface area (Å²) in [6.07, 6.45) is 3.74. The first kappa shape index (κ1) is 17.5. The third kappa shape index (κ3) is 5.13. The molecule has 2 aliphatic rings. The smallest absolute Gasteiger partial charge is 0.191 e. The first-order chi connectivity index (χ1) is 10.6. The van der Waals surface area contributed by atoms with Crippen LogP contribution in [0, 0.1) is 5.92 Å². The number of aliphatic imine (C=N–C) groups is 1. The quantitative estimate of drug-likeness (QED) is 0.594. The van der Waals surface area contributed by atoms with Gasteiger partial charge in [0.25, 0.3) is 0 Å². The minimum atomic E-state index is 0.567. The van der Waals surface area contributed by atoms with Gasteiger partial charge in [0.2, 0.25) is 0 Å². The topological polar surface area (TPSA) is 42.9 Å². The Balaban J connectivity index is 1.68. The van der Waals surface area contributed by atoms with Crippen molar-refractivity contribution in [2.45, 2.75) is 52.1 Å². The van der Waals surface area contributed by atoms with Gasteiger partial charge in [0, 0.05) is 45.3 Å². The second kappa shape index (κ2) is 8.73. The predicted molar refractivity (Wildman–Crippen MR) is 94.4 cm³/mol. The average Bonchev–Trinajstić information content (AvgIpc) is 3.00. The van der Waals surface area contributed by atoms with Gasteiger partial charge in [-0.2, -0.15) is 0 Å². The van der Waals surface area contributed by atoms with E-state index in [1.54, 1.807) is 0 Å². The molecule has 0 spiro atoms. The van der Waals surface area contributed by atoms with E-state index in [-0.39, 0.29) is 0 Å². The molecule has 0 aliphatic carbocycles. The molecular formula is C17H35N5. The number of rotatable bonds is 5. The van der Waals surface area contributed by atoms with E-state index in [9.17, 15) is 0 Å². The fraction of sp³-hybridized carbons (Fsp3) is 0.941. The van der Waals surface area contributed by atoms with Crippen molar-refractivity contribution in [2.24, 2.45) is 10.9 Å². The Morgan fingerprint density at radius 1 is 1.18 bits per heavy atom. The molecule has 0 amide bonds. The third-order valence-electron chi connectivity index (χ3n) is 5.20. The van der Waals surface area contributed by atoms with Gasteiger partial charge < -0.3 is 20.4 Å². The van der Waals surface area contributed by atoms with E-state index in [1.807, 2.05) is 7.05 Å². The molecule has 0 aromatic carbocycles. The Hall–Kier alpha value is -0.810. The summed E-state index contributed by atoms with van der Waals surface area (Å²) in [5.41, 5.74) is 0. The Morgan fingerprint density at radius 3 is 2.45 bits per heavy atom. The summed E-state index contributed by atoms with van der Waals surface area (Å²) >= 11 is 0. The molecule has 0 radical (unpaired) electrons. The maximum Gasteiger partial charge on any atom is 0.191 e. The molecule has 1 unspecified atom stereocenters. The van der Waals surface area contributed by atoms with Crippen LogP contribution >= 0.6 is 0 Å². The molecule has 0 aromatic rings. The fourth-order valence-corrected chi connectivity index (χ4v) is 3.56. The maximum absolute atomic E-state index is 4.40. The average molecular weight is 310 g/mol. The molecule has 0 aromatic heterocycles. The Kier molecular flexibility index (Phi) is 6.96. The van der Waals surface area contributed by atoms with Crippen LogP contribution in [-0.2, 0) is 0 Å². The van der Waals surface area contributed by atoms with Crippen molar-refractivity contribution in [3.8, 4) is 0 Å². The molecule has 2 N–H and O–H groups in total. The van der Waals surface area contributed by atoms with Crippen LogP contribution in [0.25, 0.3) is 0 Å². The Morgan fingerprint density at radius 2 is 1.91 bits per heavy atom. The molecular weight excluding hydrogens is 274 g/mol. The molecule has 2 saturated heterocycles. The molecule has 5 nitrogen and oxygen atoms in total. The van der Waals surface area contributed by atoms with Crippen LogP contribution in [0.3, 0.4) is 0 Å². The standard InChI is InChI=1S/C17H35N5/c1-5-21-9-6-15(13-21)12-19-17(18-4)20-16-7-10-22(11-8-16)14(2)3/h14-16H,5-13H2,1-4H3,(H2,18,19,20). The van der Waals surface area contributed by atoms with Gasteiger partial charge in [-0.05, 0) is 52.1 Å². The van der Waals surface area contributed by atoms with Crippen molar-refractivity contribution in [1.82, 2.24) is 20.4 Å². The molecule has 1 atom stereocenters. The number of hydrogen-bond acceptors (Lipinski definition) is 3. The van der Waals surface area contributed by atoms with Crippen molar-refractivity contribution in [2.75, 3.05) is 46.3 Å². The number of nitrogens with one attached hydrogen (secondary N) is 2. The highest BCUT2D eigenvalue weighted by atomic mass is 15.2. The summed E-state index contributed by atoms with van der Waals surface area (Å²) in [7, 11) is 1.88. The van der Waals surface area contributed by atoms with Crippen molar-refractivity contribution < 1.29 is 0 Å². The minimum absolute atomic E-state index is 0.567. The lowest BCUT2D eigenvalue weighted by Crippen LogP contribution is -2.50. The summed E-state index contributed by atoms with van der Waals surface area (Å²) in [6.45, 7) is 13.9. The maximum atomic E-state index is 4.40. The van der Waals surface area contributed by atoms with E-state index >= 15 is 0 Å². The summed E-state index contributed by atoms with van der Waals surface area (Å²) in [5.74, 6) is 1.75. The molecule has 5 heteroatoms. The van der Waals surface area contributed by atoms with Gasteiger partial charge in [0.15, 0.2) is 5.96 Å². The van der Waals surface area contributed by atoms with Gasteiger partial charge in [-0.3, -0.25) is 4.99 Å². The molecule has 0 bridgehead atoms. The zero-order valence-corrected chi connectivity index (χ0v) is 14.9. The fourth-order valence-electron chi connectivity index (χ4n) is 3.56. The lowest BCUT2D eigenvalue weighted by molar-refractivity contribution is 0.167. The zero-order valence-electron chi connectivity index (χ0n) is 14.9. The molecule has 2 rings (SSSR count). The molecule has 0 saturated carbocycles. The first-order valence-corrected chi connectivity index (χ1v) is 9.06. The van der Waals surface area contributed by atoms with Crippen LogP contribution in [0.1, 0.15) is 40.0 Å². The van der Waals surface area contributed by atoms with E-state index in [0.29, 0.717) is 12.1 Å². The van der Waals surface area contributed by atoms with E-state index in [2.05, 4.69) is 46.2 Å². The summed E-state index contributed by atoms with van der Waals surface area (Å²) < 4.78 is 0. The molecule has 2 aliphatic heterocycles. The van der Waals surface area contributed by atoms with Crippen molar-refractivity contribution >= 4 is 5.96 Å². The van der Waals surface area contributed by atoms with Gasteiger partial charge in [-0.25, -0.2) is 0 Å². The van der Waals surface area contributed by atoms with Gasteiger partial charge in [-0.15, -0.1) is 0 Å². The lowest BCUT2D eigenvalue weighted by Gasteiger charge is -2.35. The van der Waals surface area contributed by atoms with Gasteiger partial charge >= 0.3 is 0 Å². The van der Waals surface area contributed by atoms with Crippen LogP contribution in [0.5, 0.6) is 0 Å². The van der Waals surface area contributed by atoms with Crippen LogP contribution in [0.15, 0.2) is 4.99 Å². The number of guanidine groups is 1. The highest BCUT2D eigenvalue weighted by Gasteiger charge is 2.23. The summed E-state index contributed by atoms with van der Waals surface area (Å²) in [6, 6.07) is 1.24. The largest absolute Gasteiger partial charge is 0.356 e. The number of nitrogens with zero attached hydrogens (tertiary/aromatic N) is 3. The normalized spacial score (nSPS) is 25.9. The second-order valence-corrected chi connectivity index (χ2v) is 7.05. The predicted octanol–water partition coefficient (Wildman–Crippen LogP) is 1.37. The van der Waals surface area contributed by atoms with E-state index < -0.39 is 0 Å². The van der Waals surface area contributed by atoms with Crippen molar-refractivity contribution in [1.29, 1.82) is 0 Å². The Labute approximate surface area is 136 Å². The van der Waals surface area contributed by atoms with E-state index in [1.165, 1.54) is 52.0 Å². The zero-order chi connectivity index (χ0) is 15.9. The molecule has 22 heavy (non-hydrogen) atoms. The second-order valence-electron chi connectivity index (χ2n) is 7.05. The molecule has 2 fully saturated rings. The molecule has 2 heterocycles. The number of hydrogen-bond donors (Lipinski definition) is 2. The van der Waals surface area contributed by atoms with E-state index in [4.69, 9.17) is 0 Å². The monoisotopic (exact) mass is 309 g/mol. The van der Waals surface area contributed by atoms with Gasteiger partial charge in [0.1, 0.15) is 0 Å². The van der Waals surface area contributed by atoms with Crippen LogP contribution in [-0.4, -0.2) is 74.2 Å². The third-order valence-corrected chi connectivity index (χ3v) is 5.20.